The second-order valence-corrected chi connectivity index (χ2v) is 14.7. The summed E-state index contributed by atoms with van der Waals surface area (Å²) in [7, 11) is 0.288. The van der Waals surface area contributed by atoms with Gasteiger partial charge in [0, 0.05) is 15.4 Å². The van der Waals surface area contributed by atoms with Crippen LogP contribution in [0.15, 0.2) is 88.9 Å². The summed E-state index contributed by atoms with van der Waals surface area (Å²) in [6.07, 6.45) is 1.98. The van der Waals surface area contributed by atoms with Crippen LogP contribution in [-0.4, -0.2) is 13.1 Å². The zero-order chi connectivity index (χ0) is 22.0. The van der Waals surface area contributed by atoms with Crippen LogP contribution in [0.4, 0.5) is 0 Å². The summed E-state index contributed by atoms with van der Waals surface area (Å²) in [5.74, 6) is 0. The van der Waals surface area contributed by atoms with Crippen molar-refractivity contribution < 1.29 is 4.57 Å². The molecule has 2 nitrogen and oxygen atoms in total. The molecule has 4 heteroatoms. The number of nitrogens with zero attached hydrogens (tertiary/aromatic N) is 2. The van der Waals surface area contributed by atoms with E-state index in [-0.39, 0.29) is 0 Å². The van der Waals surface area contributed by atoms with Gasteiger partial charge in [-0.05, 0) is 51.6 Å². The Morgan fingerprint density at radius 2 is 1.59 bits per heavy atom. The molecule has 1 aliphatic heterocycles. The SMILES string of the molecule is Cc1c2c(cc3ccccc13)Sc1cc([Si](C)(C)c3ccccc3)cc3nc[n+](C)c-2c13. The summed E-state index contributed by atoms with van der Waals surface area (Å²) in [6, 6.07) is 26.9. The first kappa shape index (κ1) is 19.7. The lowest BCUT2D eigenvalue weighted by Gasteiger charge is -2.26. The van der Waals surface area contributed by atoms with Crippen molar-refractivity contribution in [2.75, 3.05) is 0 Å². The first-order valence-electron chi connectivity index (χ1n) is 11.0. The van der Waals surface area contributed by atoms with Gasteiger partial charge in [-0.15, -0.1) is 0 Å². The second kappa shape index (κ2) is 7.02. The molecule has 0 saturated heterocycles. The highest BCUT2D eigenvalue weighted by molar-refractivity contribution is 7.99. The van der Waals surface area contributed by atoms with Crippen LogP contribution in [0.25, 0.3) is 32.9 Å². The van der Waals surface area contributed by atoms with Crippen molar-refractivity contribution in [3.8, 4) is 11.3 Å². The van der Waals surface area contributed by atoms with Crippen molar-refractivity contribution in [2.45, 2.75) is 29.8 Å². The summed E-state index contributed by atoms with van der Waals surface area (Å²) in [6.45, 7) is 7.15. The predicted molar refractivity (Wildman–Crippen MR) is 138 cm³/mol. The lowest BCUT2D eigenvalue weighted by Crippen LogP contribution is -2.53. The topological polar surface area (TPSA) is 16.8 Å². The molecule has 0 radical (unpaired) electrons. The van der Waals surface area contributed by atoms with E-state index in [1.54, 1.807) is 0 Å². The lowest BCUT2D eigenvalue weighted by molar-refractivity contribution is -0.662. The third-order valence-electron chi connectivity index (χ3n) is 6.99. The Kier molecular flexibility index (Phi) is 4.33. The van der Waals surface area contributed by atoms with E-state index in [1.165, 1.54) is 53.1 Å². The van der Waals surface area contributed by atoms with E-state index in [4.69, 9.17) is 4.98 Å². The Bertz CT molecular complexity index is 1540. The van der Waals surface area contributed by atoms with Gasteiger partial charge in [0.05, 0.1) is 12.4 Å². The standard InChI is InChI=1S/C28H25N2SSi/c1-18-22-13-9-8-10-19(22)14-24-26(18)28-27-23(29-17-30(28)2)15-21(16-25(27)31-24)32(3,4)20-11-6-5-7-12-20/h5-17H,1-4H3/q+1. The second-order valence-electron chi connectivity index (χ2n) is 9.26. The van der Waals surface area contributed by atoms with E-state index < -0.39 is 8.07 Å². The van der Waals surface area contributed by atoms with Crippen molar-refractivity contribution in [3.05, 3.63) is 84.7 Å². The molecule has 1 aliphatic rings. The monoisotopic (exact) mass is 449 g/mol. The molecule has 0 fully saturated rings. The van der Waals surface area contributed by atoms with Crippen LogP contribution in [0.2, 0.25) is 13.1 Å². The Morgan fingerprint density at radius 1 is 0.844 bits per heavy atom. The molecule has 0 unspecified atom stereocenters. The molecular formula is C28H25N2SSi+. The molecule has 0 atom stereocenters. The average molecular weight is 450 g/mol. The number of hydrogen-bond donors (Lipinski definition) is 0. The Labute approximate surface area is 194 Å². The van der Waals surface area contributed by atoms with E-state index in [9.17, 15) is 0 Å². The molecule has 1 aromatic heterocycles. The number of hydrogen-bond acceptors (Lipinski definition) is 2. The summed E-state index contributed by atoms with van der Waals surface area (Å²) >= 11 is 1.91. The van der Waals surface area contributed by atoms with Gasteiger partial charge in [0.1, 0.15) is 13.8 Å². The van der Waals surface area contributed by atoms with E-state index >= 15 is 0 Å². The number of rotatable bonds is 2. The van der Waals surface area contributed by atoms with Gasteiger partial charge in [-0.2, -0.15) is 0 Å². The first-order chi connectivity index (χ1) is 15.4. The fourth-order valence-corrected chi connectivity index (χ4v) is 8.81. The van der Waals surface area contributed by atoms with E-state index in [1.807, 2.05) is 18.1 Å². The minimum Gasteiger partial charge on any atom is -0.232 e. The van der Waals surface area contributed by atoms with Crippen molar-refractivity contribution in [2.24, 2.45) is 7.05 Å². The number of fused-ring (bicyclic) bond motifs is 3. The van der Waals surface area contributed by atoms with Crippen LogP contribution in [0.5, 0.6) is 0 Å². The Balaban J connectivity index is 1.66. The van der Waals surface area contributed by atoms with Gasteiger partial charge in [0.15, 0.2) is 5.52 Å². The zero-order valence-corrected chi connectivity index (χ0v) is 20.6. The van der Waals surface area contributed by atoms with Gasteiger partial charge >= 0.3 is 0 Å². The minimum absolute atomic E-state index is 1.10. The average Bonchev–Trinajstić information content (AvgIpc) is 2.81. The zero-order valence-electron chi connectivity index (χ0n) is 18.8. The van der Waals surface area contributed by atoms with Crippen LogP contribution < -0.4 is 14.9 Å². The van der Waals surface area contributed by atoms with Crippen LogP contribution in [0, 0.1) is 6.92 Å². The van der Waals surface area contributed by atoms with Gasteiger partial charge in [-0.25, -0.2) is 4.57 Å². The highest BCUT2D eigenvalue weighted by atomic mass is 32.2. The van der Waals surface area contributed by atoms with E-state index in [2.05, 4.69) is 104 Å². The van der Waals surface area contributed by atoms with Crippen LogP contribution in [0.3, 0.4) is 0 Å². The molecule has 32 heavy (non-hydrogen) atoms. The van der Waals surface area contributed by atoms with Gasteiger partial charge in [0.25, 0.3) is 6.33 Å². The highest BCUT2D eigenvalue weighted by Crippen LogP contribution is 2.48. The van der Waals surface area contributed by atoms with Crippen LogP contribution in [0.1, 0.15) is 5.56 Å². The van der Waals surface area contributed by atoms with Crippen LogP contribution in [-0.2, 0) is 7.05 Å². The van der Waals surface area contributed by atoms with Crippen molar-refractivity contribution >= 4 is 51.9 Å². The first-order valence-corrected chi connectivity index (χ1v) is 14.9. The number of aromatic nitrogens is 2. The maximum Gasteiger partial charge on any atom is 0.287 e. The van der Waals surface area contributed by atoms with E-state index in [0.29, 0.717) is 0 Å². The van der Waals surface area contributed by atoms with E-state index in [0.717, 1.165) is 5.52 Å². The molecule has 0 bridgehead atoms. The Hall–Kier alpha value is -2.95. The smallest absolute Gasteiger partial charge is 0.232 e. The molecule has 0 aliphatic carbocycles. The lowest BCUT2D eigenvalue weighted by atomic mass is 9.95. The molecule has 0 spiro atoms. The minimum atomic E-state index is -1.83. The van der Waals surface area contributed by atoms with Gasteiger partial charge in [-0.1, -0.05) is 84.6 Å². The fraction of sp³-hybridized carbons (Fsp3) is 0.143. The molecule has 156 valence electrons. The summed E-state index contributed by atoms with van der Waals surface area (Å²) < 4.78 is 2.20. The van der Waals surface area contributed by atoms with Crippen LogP contribution >= 0.6 is 11.8 Å². The molecule has 5 aromatic rings. The molecule has 6 rings (SSSR count). The van der Waals surface area contributed by atoms with Crippen molar-refractivity contribution in [3.63, 3.8) is 0 Å². The third kappa shape index (κ3) is 2.79. The molecule has 0 amide bonds. The third-order valence-corrected chi connectivity index (χ3v) is 11.6. The molecule has 0 N–H and O–H groups in total. The number of aryl methyl sites for hydroxylation is 2. The highest BCUT2D eigenvalue weighted by Gasteiger charge is 2.32. The fourth-order valence-electron chi connectivity index (χ4n) is 5.08. The molecular weight excluding hydrogens is 424 g/mol. The Morgan fingerprint density at radius 3 is 2.41 bits per heavy atom. The molecule has 2 heterocycles. The van der Waals surface area contributed by atoms with Gasteiger partial charge < -0.3 is 0 Å². The number of benzene rings is 4. The quantitative estimate of drug-likeness (QED) is 0.257. The maximum absolute atomic E-state index is 4.89. The molecule has 4 aromatic carbocycles. The van der Waals surface area contributed by atoms with Gasteiger partial charge in [0.2, 0.25) is 0 Å². The van der Waals surface area contributed by atoms with Gasteiger partial charge in [-0.3, -0.25) is 0 Å². The summed E-state index contributed by atoms with van der Waals surface area (Å²) in [5.41, 5.74) is 5.09. The largest absolute Gasteiger partial charge is 0.287 e. The normalized spacial score (nSPS) is 12.9. The molecule has 0 saturated carbocycles. The summed E-state index contributed by atoms with van der Waals surface area (Å²) in [5, 5.41) is 6.81. The summed E-state index contributed by atoms with van der Waals surface area (Å²) in [4.78, 5) is 7.56. The van der Waals surface area contributed by atoms with Crippen molar-refractivity contribution in [1.82, 2.24) is 4.98 Å². The maximum atomic E-state index is 4.89. The van der Waals surface area contributed by atoms with Crippen molar-refractivity contribution in [1.29, 1.82) is 0 Å². The predicted octanol–water partition coefficient (Wildman–Crippen LogP) is 5.48.